The highest BCUT2D eigenvalue weighted by Gasteiger charge is 2.36. The van der Waals surface area contributed by atoms with Crippen molar-refractivity contribution in [3.05, 3.63) is 0 Å². The molecular formula is C15H29NO2S. The van der Waals surface area contributed by atoms with Crippen molar-refractivity contribution in [1.82, 2.24) is 5.32 Å². The number of rotatable bonds is 7. The zero-order chi connectivity index (χ0) is 14.3. The summed E-state index contributed by atoms with van der Waals surface area (Å²) in [5, 5.41) is 4.10. The Morgan fingerprint density at radius 2 is 2.00 bits per heavy atom. The molecule has 1 rings (SSSR count). The van der Waals surface area contributed by atoms with E-state index in [4.69, 9.17) is 4.74 Å². The monoisotopic (exact) mass is 287 g/mol. The largest absolute Gasteiger partial charge is 0.465 e. The Morgan fingerprint density at radius 3 is 2.53 bits per heavy atom. The molecule has 0 amide bonds. The van der Waals surface area contributed by atoms with Crippen LogP contribution in [0.5, 0.6) is 0 Å². The second-order valence-corrected chi connectivity index (χ2v) is 7.21. The summed E-state index contributed by atoms with van der Waals surface area (Å²) in [5.74, 6) is 0.682. The Balaban J connectivity index is 2.54. The number of carbonyl (C=O) groups excluding carboxylic acids is 1. The van der Waals surface area contributed by atoms with Crippen molar-refractivity contribution in [2.75, 3.05) is 12.4 Å². The van der Waals surface area contributed by atoms with E-state index in [-0.39, 0.29) is 12.0 Å². The number of carbonyl (C=O) groups is 1. The Labute approximate surface area is 122 Å². The SMILES string of the molecule is CCOC(=O)C(C)(CSC1CCCCC1)NC(C)C. The molecule has 1 saturated carbocycles. The molecule has 0 spiro atoms. The highest BCUT2D eigenvalue weighted by Crippen LogP contribution is 2.30. The summed E-state index contributed by atoms with van der Waals surface area (Å²) in [4.78, 5) is 12.2. The van der Waals surface area contributed by atoms with Gasteiger partial charge >= 0.3 is 5.97 Å². The summed E-state index contributed by atoms with van der Waals surface area (Å²) >= 11 is 1.94. The molecule has 1 unspecified atom stereocenters. The van der Waals surface area contributed by atoms with Crippen LogP contribution in [0.25, 0.3) is 0 Å². The van der Waals surface area contributed by atoms with Gasteiger partial charge < -0.3 is 4.74 Å². The molecule has 19 heavy (non-hydrogen) atoms. The number of ether oxygens (including phenoxy) is 1. The van der Waals surface area contributed by atoms with Crippen molar-refractivity contribution in [1.29, 1.82) is 0 Å². The van der Waals surface area contributed by atoms with Gasteiger partial charge in [0.2, 0.25) is 0 Å². The van der Waals surface area contributed by atoms with Crippen LogP contribution in [0.3, 0.4) is 0 Å². The van der Waals surface area contributed by atoms with Crippen molar-refractivity contribution in [2.45, 2.75) is 76.6 Å². The van der Waals surface area contributed by atoms with Crippen LogP contribution in [-0.2, 0) is 9.53 Å². The molecule has 0 heterocycles. The van der Waals surface area contributed by atoms with Crippen LogP contribution >= 0.6 is 11.8 Å². The minimum Gasteiger partial charge on any atom is -0.465 e. The van der Waals surface area contributed by atoms with Gasteiger partial charge in [-0.2, -0.15) is 11.8 Å². The fourth-order valence-electron chi connectivity index (χ4n) is 2.60. The van der Waals surface area contributed by atoms with Crippen LogP contribution in [0.2, 0.25) is 0 Å². The number of nitrogens with one attached hydrogen (secondary N) is 1. The average Bonchev–Trinajstić information content (AvgIpc) is 2.37. The molecule has 3 nitrogen and oxygen atoms in total. The Hall–Kier alpha value is -0.220. The van der Waals surface area contributed by atoms with Crippen molar-refractivity contribution in [2.24, 2.45) is 0 Å². The summed E-state index contributed by atoms with van der Waals surface area (Å²) < 4.78 is 5.23. The molecule has 0 aromatic heterocycles. The lowest BCUT2D eigenvalue weighted by molar-refractivity contribution is -0.149. The molecule has 1 fully saturated rings. The van der Waals surface area contributed by atoms with E-state index in [0.29, 0.717) is 6.61 Å². The maximum Gasteiger partial charge on any atom is 0.326 e. The molecule has 0 aromatic rings. The lowest BCUT2D eigenvalue weighted by Gasteiger charge is -2.32. The van der Waals surface area contributed by atoms with Gasteiger partial charge in [-0.15, -0.1) is 0 Å². The highest BCUT2D eigenvalue weighted by atomic mass is 32.2. The summed E-state index contributed by atoms with van der Waals surface area (Å²) in [6.07, 6.45) is 6.64. The predicted molar refractivity (Wildman–Crippen MR) is 82.6 cm³/mol. The molecule has 0 radical (unpaired) electrons. The number of hydrogen-bond donors (Lipinski definition) is 1. The number of hydrogen-bond acceptors (Lipinski definition) is 4. The van der Waals surface area contributed by atoms with Gasteiger partial charge in [-0.25, -0.2) is 0 Å². The Morgan fingerprint density at radius 1 is 1.37 bits per heavy atom. The summed E-state index contributed by atoms with van der Waals surface area (Å²) in [5.41, 5.74) is -0.563. The quantitative estimate of drug-likeness (QED) is 0.729. The second-order valence-electron chi connectivity index (χ2n) is 5.92. The summed E-state index contributed by atoms with van der Waals surface area (Å²) in [6, 6.07) is 0.279. The maximum atomic E-state index is 12.2. The van der Waals surface area contributed by atoms with Gasteiger partial charge in [0.05, 0.1) is 6.61 Å². The van der Waals surface area contributed by atoms with E-state index in [1.807, 2.05) is 25.6 Å². The molecule has 1 N–H and O–H groups in total. The zero-order valence-electron chi connectivity index (χ0n) is 12.8. The first-order valence-electron chi connectivity index (χ1n) is 7.54. The van der Waals surface area contributed by atoms with Gasteiger partial charge in [-0.3, -0.25) is 10.1 Å². The van der Waals surface area contributed by atoms with E-state index in [2.05, 4.69) is 19.2 Å². The third kappa shape index (κ3) is 5.74. The van der Waals surface area contributed by atoms with Crippen molar-refractivity contribution >= 4 is 17.7 Å². The third-order valence-corrected chi connectivity index (χ3v) is 5.18. The van der Waals surface area contributed by atoms with Gasteiger partial charge in [-0.05, 0) is 40.5 Å². The first-order valence-corrected chi connectivity index (χ1v) is 8.59. The van der Waals surface area contributed by atoms with E-state index >= 15 is 0 Å². The molecule has 1 atom stereocenters. The molecule has 0 aliphatic heterocycles. The van der Waals surface area contributed by atoms with Crippen molar-refractivity contribution in [3.8, 4) is 0 Å². The number of esters is 1. The van der Waals surface area contributed by atoms with Crippen LogP contribution in [0, 0.1) is 0 Å². The van der Waals surface area contributed by atoms with Gasteiger partial charge in [0, 0.05) is 17.0 Å². The van der Waals surface area contributed by atoms with Gasteiger partial charge in [0.15, 0.2) is 0 Å². The van der Waals surface area contributed by atoms with E-state index in [9.17, 15) is 4.79 Å². The normalized spacial score (nSPS) is 20.3. The predicted octanol–water partition coefficient (Wildman–Crippen LogP) is 3.37. The molecule has 0 saturated heterocycles. The third-order valence-electron chi connectivity index (χ3n) is 3.49. The molecular weight excluding hydrogens is 258 g/mol. The first-order chi connectivity index (χ1) is 8.98. The lowest BCUT2D eigenvalue weighted by atomic mass is 10.0. The van der Waals surface area contributed by atoms with Crippen LogP contribution in [0.1, 0.15) is 59.8 Å². The van der Waals surface area contributed by atoms with Crippen LogP contribution < -0.4 is 5.32 Å². The minimum absolute atomic E-state index is 0.119. The Bertz CT molecular complexity index is 277. The zero-order valence-corrected chi connectivity index (χ0v) is 13.6. The molecule has 4 heteroatoms. The average molecular weight is 287 g/mol. The topological polar surface area (TPSA) is 38.3 Å². The van der Waals surface area contributed by atoms with Gasteiger partial charge in [-0.1, -0.05) is 19.3 Å². The minimum atomic E-state index is -0.563. The van der Waals surface area contributed by atoms with Crippen molar-refractivity contribution < 1.29 is 9.53 Å². The van der Waals surface area contributed by atoms with E-state index in [1.54, 1.807) is 0 Å². The summed E-state index contributed by atoms with van der Waals surface area (Å²) in [7, 11) is 0. The van der Waals surface area contributed by atoms with Gasteiger partial charge in [0.25, 0.3) is 0 Å². The molecule has 0 bridgehead atoms. The molecule has 1 aliphatic rings. The van der Waals surface area contributed by atoms with E-state index in [0.717, 1.165) is 11.0 Å². The van der Waals surface area contributed by atoms with Crippen LogP contribution in [-0.4, -0.2) is 35.2 Å². The fourth-order valence-corrected chi connectivity index (χ4v) is 4.04. The summed E-state index contributed by atoms with van der Waals surface area (Å²) in [6.45, 7) is 8.43. The molecule has 0 aromatic carbocycles. The maximum absolute atomic E-state index is 12.2. The molecule has 112 valence electrons. The second kappa shape index (κ2) is 8.15. The smallest absolute Gasteiger partial charge is 0.326 e. The van der Waals surface area contributed by atoms with E-state index in [1.165, 1.54) is 32.1 Å². The lowest BCUT2D eigenvalue weighted by Crippen LogP contribution is -2.55. The van der Waals surface area contributed by atoms with E-state index < -0.39 is 5.54 Å². The number of thioether (sulfide) groups is 1. The first kappa shape index (κ1) is 16.8. The van der Waals surface area contributed by atoms with Crippen molar-refractivity contribution in [3.63, 3.8) is 0 Å². The van der Waals surface area contributed by atoms with Gasteiger partial charge in [0.1, 0.15) is 5.54 Å². The van der Waals surface area contributed by atoms with Crippen LogP contribution in [0.15, 0.2) is 0 Å². The Kier molecular flexibility index (Phi) is 7.22. The highest BCUT2D eigenvalue weighted by molar-refractivity contribution is 8.00. The van der Waals surface area contributed by atoms with Crippen LogP contribution in [0.4, 0.5) is 0 Å². The fraction of sp³-hybridized carbons (Fsp3) is 0.933. The standard InChI is InChI=1S/C15H29NO2S/c1-5-18-14(17)15(4,16-12(2)3)11-19-13-9-7-6-8-10-13/h12-13,16H,5-11H2,1-4H3. The molecule has 1 aliphatic carbocycles.